The minimum absolute atomic E-state index is 0.299. The molecule has 34 heavy (non-hydrogen) atoms. The molecule has 1 aliphatic carbocycles. The highest BCUT2D eigenvalue weighted by Gasteiger charge is 2.44. The standard InChI is InChI=1S/C24H30ClN7O2/c1-15-9-16-11-26-23(29-19-12-27-32(22(19)25)17-3-4-17)28-18(16)10-20(15)30-5-7-31(8-6-30)24(2)14-34-13-21(24)33/h9-12,17,21,33H,3-8,13-14H2,1-2H3,(H,26,28,29). The number of hydrogen-bond acceptors (Lipinski definition) is 8. The predicted molar refractivity (Wildman–Crippen MR) is 132 cm³/mol. The zero-order valence-corrected chi connectivity index (χ0v) is 20.3. The summed E-state index contributed by atoms with van der Waals surface area (Å²) in [5, 5.41) is 19.6. The van der Waals surface area contributed by atoms with Gasteiger partial charge in [0.15, 0.2) is 5.15 Å². The van der Waals surface area contributed by atoms with Gasteiger partial charge in [0.1, 0.15) is 0 Å². The van der Waals surface area contributed by atoms with Crippen molar-refractivity contribution >= 4 is 39.8 Å². The Bertz CT molecular complexity index is 1220. The van der Waals surface area contributed by atoms with Crippen LogP contribution in [0.4, 0.5) is 17.3 Å². The first kappa shape index (κ1) is 22.0. The Morgan fingerprint density at radius 3 is 2.68 bits per heavy atom. The van der Waals surface area contributed by atoms with Crippen molar-refractivity contribution in [3.63, 3.8) is 0 Å². The normalized spacial score (nSPS) is 25.9. The number of hydrogen-bond donors (Lipinski definition) is 2. The van der Waals surface area contributed by atoms with Gasteiger partial charge in [0.05, 0.1) is 48.3 Å². The van der Waals surface area contributed by atoms with Gasteiger partial charge in [-0.2, -0.15) is 5.10 Å². The summed E-state index contributed by atoms with van der Waals surface area (Å²) < 4.78 is 7.41. The number of piperazine rings is 1. The van der Waals surface area contributed by atoms with Crippen LogP contribution in [0.3, 0.4) is 0 Å². The second-order valence-corrected chi connectivity index (χ2v) is 10.3. The minimum Gasteiger partial charge on any atom is -0.389 e. The highest BCUT2D eigenvalue weighted by Crippen LogP contribution is 2.39. The Labute approximate surface area is 203 Å². The summed E-state index contributed by atoms with van der Waals surface area (Å²) in [6.45, 7) is 8.79. The van der Waals surface area contributed by atoms with Gasteiger partial charge < -0.3 is 20.1 Å². The smallest absolute Gasteiger partial charge is 0.227 e. The van der Waals surface area contributed by atoms with Crippen LogP contribution in [0.25, 0.3) is 10.9 Å². The van der Waals surface area contributed by atoms with E-state index in [-0.39, 0.29) is 5.54 Å². The molecule has 2 atom stereocenters. The van der Waals surface area contributed by atoms with E-state index >= 15 is 0 Å². The van der Waals surface area contributed by atoms with Crippen molar-refractivity contribution in [1.82, 2.24) is 24.6 Å². The Morgan fingerprint density at radius 2 is 1.97 bits per heavy atom. The van der Waals surface area contributed by atoms with Crippen molar-refractivity contribution < 1.29 is 9.84 Å². The first-order valence-corrected chi connectivity index (χ1v) is 12.3. The SMILES string of the molecule is Cc1cc2cnc(Nc3cnn(C4CC4)c3Cl)nc2cc1N1CCN(C2(C)COCC2O)CC1. The monoisotopic (exact) mass is 483 g/mol. The third-order valence-electron chi connectivity index (χ3n) is 7.50. The second kappa shape index (κ2) is 8.34. The van der Waals surface area contributed by atoms with E-state index in [1.54, 1.807) is 6.20 Å². The van der Waals surface area contributed by atoms with E-state index in [1.807, 2.05) is 10.9 Å². The quantitative estimate of drug-likeness (QED) is 0.572. The lowest BCUT2D eigenvalue weighted by Crippen LogP contribution is -2.60. The molecule has 0 amide bonds. The molecule has 2 saturated heterocycles. The summed E-state index contributed by atoms with van der Waals surface area (Å²) in [5.41, 5.74) is 3.70. The number of benzene rings is 1. The van der Waals surface area contributed by atoms with Crippen molar-refractivity contribution in [3.05, 3.63) is 35.2 Å². The van der Waals surface area contributed by atoms with Gasteiger partial charge in [0.25, 0.3) is 0 Å². The number of nitrogens with one attached hydrogen (secondary N) is 1. The fourth-order valence-electron chi connectivity index (χ4n) is 5.12. The molecule has 1 saturated carbocycles. The third kappa shape index (κ3) is 3.80. The maximum Gasteiger partial charge on any atom is 0.227 e. The van der Waals surface area contributed by atoms with E-state index in [0.29, 0.717) is 30.4 Å². The molecule has 3 aromatic rings. The van der Waals surface area contributed by atoms with Crippen LogP contribution in [0.5, 0.6) is 0 Å². The number of aliphatic hydroxyl groups is 1. The van der Waals surface area contributed by atoms with Crippen LogP contribution in [0.2, 0.25) is 5.15 Å². The largest absolute Gasteiger partial charge is 0.389 e. The lowest BCUT2D eigenvalue weighted by atomic mass is 9.95. The molecule has 6 rings (SSSR count). The van der Waals surface area contributed by atoms with Gasteiger partial charge in [-0.25, -0.2) is 14.6 Å². The molecular weight excluding hydrogens is 454 g/mol. The van der Waals surface area contributed by atoms with Gasteiger partial charge in [-0.05, 0) is 44.4 Å². The molecule has 2 N–H and O–H groups in total. The number of halogens is 1. The van der Waals surface area contributed by atoms with Crippen LogP contribution < -0.4 is 10.2 Å². The Morgan fingerprint density at radius 1 is 1.18 bits per heavy atom. The number of fused-ring (bicyclic) bond motifs is 1. The number of nitrogens with zero attached hydrogens (tertiary/aromatic N) is 6. The highest BCUT2D eigenvalue weighted by molar-refractivity contribution is 6.32. The fourth-order valence-corrected chi connectivity index (χ4v) is 5.40. The van der Waals surface area contributed by atoms with Crippen LogP contribution in [0.15, 0.2) is 24.5 Å². The fraction of sp³-hybridized carbons (Fsp3) is 0.542. The maximum atomic E-state index is 10.4. The van der Waals surface area contributed by atoms with Crippen molar-refractivity contribution in [1.29, 1.82) is 0 Å². The van der Waals surface area contributed by atoms with E-state index in [0.717, 1.165) is 55.6 Å². The predicted octanol–water partition coefficient (Wildman–Crippen LogP) is 3.14. The number of anilines is 3. The molecule has 0 bridgehead atoms. The van der Waals surface area contributed by atoms with E-state index in [9.17, 15) is 5.11 Å². The van der Waals surface area contributed by atoms with E-state index in [1.165, 1.54) is 11.3 Å². The van der Waals surface area contributed by atoms with Gasteiger partial charge in [-0.3, -0.25) is 4.90 Å². The number of aromatic nitrogens is 4. The summed E-state index contributed by atoms with van der Waals surface area (Å²) in [6, 6.07) is 4.71. The van der Waals surface area contributed by atoms with Crippen LogP contribution in [0.1, 0.15) is 31.4 Å². The third-order valence-corrected chi connectivity index (χ3v) is 7.88. The molecule has 2 unspecified atom stereocenters. The van der Waals surface area contributed by atoms with Crippen LogP contribution in [-0.2, 0) is 4.74 Å². The molecule has 1 aromatic carbocycles. The van der Waals surface area contributed by atoms with Crippen molar-refractivity contribution in [2.45, 2.75) is 44.4 Å². The summed E-state index contributed by atoms with van der Waals surface area (Å²) in [6.07, 6.45) is 5.39. The molecule has 0 radical (unpaired) electrons. The Balaban J connectivity index is 1.21. The highest BCUT2D eigenvalue weighted by atomic mass is 35.5. The molecule has 2 aliphatic heterocycles. The molecule has 2 aromatic heterocycles. The summed E-state index contributed by atoms with van der Waals surface area (Å²) in [7, 11) is 0. The summed E-state index contributed by atoms with van der Waals surface area (Å²) >= 11 is 6.50. The molecule has 3 aliphatic rings. The van der Waals surface area contributed by atoms with Crippen molar-refractivity contribution in [3.8, 4) is 0 Å². The zero-order chi connectivity index (χ0) is 23.4. The summed E-state index contributed by atoms with van der Waals surface area (Å²) in [5.74, 6) is 0.507. The Kier molecular flexibility index (Phi) is 5.40. The Hall–Kier alpha value is -2.46. The number of aliphatic hydroxyl groups excluding tert-OH is 1. The van der Waals surface area contributed by atoms with E-state index in [4.69, 9.17) is 21.3 Å². The average Bonchev–Trinajstić information content (AvgIpc) is 3.54. The van der Waals surface area contributed by atoms with Crippen LogP contribution in [-0.4, -0.2) is 80.8 Å². The van der Waals surface area contributed by atoms with Crippen molar-refractivity contribution in [2.24, 2.45) is 0 Å². The van der Waals surface area contributed by atoms with Gasteiger partial charge in [0, 0.05) is 43.4 Å². The molecule has 10 heteroatoms. The molecule has 4 heterocycles. The minimum atomic E-state index is -0.436. The van der Waals surface area contributed by atoms with Gasteiger partial charge >= 0.3 is 0 Å². The molecule has 9 nitrogen and oxygen atoms in total. The number of aryl methyl sites for hydroxylation is 1. The molecule has 3 fully saturated rings. The molecular formula is C24H30ClN7O2. The number of rotatable bonds is 5. The maximum absolute atomic E-state index is 10.4. The second-order valence-electron chi connectivity index (χ2n) is 9.90. The first-order valence-electron chi connectivity index (χ1n) is 12.0. The summed E-state index contributed by atoms with van der Waals surface area (Å²) in [4.78, 5) is 14.0. The molecule has 180 valence electrons. The molecule has 0 spiro atoms. The zero-order valence-electron chi connectivity index (χ0n) is 19.5. The number of ether oxygens (including phenoxy) is 1. The van der Waals surface area contributed by atoms with Crippen LogP contribution in [0, 0.1) is 6.92 Å². The first-order chi connectivity index (χ1) is 16.4. The lowest BCUT2D eigenvalue weighted by Gasteiger charge is -2.45. The van der Waals surface area contributed by atoms with Gasteiger partial charge in [0.2, 0.25) is 5.95 Å². The van der Waals surface area contributed by atoms with Gasteiger partial charge in [-0.15, -0.1) is 0 Å². The van der Waals surface area contributed by atoms with Crippen LogP contribution >= 0.6 is 11.6 Å². The van der Waals surface area contributed by atoms with E-state index in [2.05, 4.69) is 51.2 Å². The van der Waals surface area contributed by atoms with E-state index < -0.39 is 6.10 Å². The topological polar surface area (TPSA) is 91.6 Å². The van der Waals surface area contributed by atoms with Crippen molar-refractivity contribution in [2.75, 3.05) is 49.6 Å². The lowest BCUT2D eigenvalue weighted by molar-refractivity contribution is 0.00882. The van der Waals surface area contributed by atoms with Gasteiger partial charge in [-0.1, -0.05) is 11.6 Å². The average molecular weight is 484 g/mol.